The number of ketones is 4. The molecule has 0 spiro atoms. The van der Waals surface area contributed by atoms with E-state index in [1.54, 1.807) is 0 Å². The maximum absolute atomic E-state index is 13.7. The molecule has 4 heteroatoms. The van der Waals surface area contributed by atoms with Crippen LogP contribution in [-0.4, -0.2) is 23.1 Å². The lowest BCUT2D eigenvalue weighted by molar-refractivity contribution is -0.129. The second-order valence-corrected chi connectivity index (χ2v) is 12.9. The minimum absolute atomic E-state index is 0.00553. The lowest BCUT2D eigenvalue weighted by Crippen LogP contribution is -2.31. The first-order chi connectivity index (χ1) is 17.2. The van der Waals surface area contributed by atoms with Crippen molar-refractivity contribution in [1.82, 2.24) is 0 Å². The molecule has 0 heterocycles. The van der Waals surface area contributed by atoms with Crippen LogP contribution in [-0.2, 0) is 21.4 Å². The summed E-state index contributed by atoms with van der Waals surface area (Å²) in [6, 6.07) is 2.07. The number of hydrogen-bond acceptors (Lipinski definition) is 4. The topological polar surface area (TPSA) is 68.3 Å². The molecule has 0 fully saturated rings. The molecule has 0 aliphatic heterocycles. The molecule has 4 nitrogen and oxygen atoms in total. The molecule has 1 aromatic rings. The van der Waals surface area contributed by atoms with Crippen molar-refractivity contribution in [3.05, 3.63) is 33.9 Å². The largest absolute Gasteiger partial charge is 0.300 e. The van der Waals surface area contributed by atoms with Crippen molar-refractivity contribution in [3.8, 4) is 0 Å². The van der Waals surface area contributed by atoms with Gasteiger partial charge < -0.3 is 0 Å². The zero-order valence-corrected chi connectivity index (χ0v) is 24.9. The Morgan fingerprint density at radius 3 is 2.22 bits per heavy atom. The average Bonchev–Trinajstić information content (AvgIpc) is 2.76. The van der Waals surface area contributed by atoms with Gasteiger partial charge in [-0.2, -0.15) is 0 Å². The molecule has 0 amide bonds. The Morgan fingerprint density at radius 2 is 1.70 bits per heavy atom. The van der Waals surface area contributed by atoms with Crippen LogP contribution in [0.15, 0.2) is 6.07 Å². The molecule has 2 rings (SSSR count). The molecule has 3 unspecified atom stereocenters. The van der Waals surface area contributed by atoms with Crippen molar-refractivity contribution < 1.29 is 19.2 Å². The van der Waals surface area contributed by atoms with Crippen molar-refractivity contribution in [2.24, 2.45) is 23.7 Å². The molecule has 206 valence electrons. The molecule has 0 saturated heterocycles. The van der Waals surface area contributed by atoms with Gasteiger partial charge in [-0.25, -0.2) is 0 Å². The van der Waals surface area contributed by atoms with Gasteiger partial charge in [0, 0.05) is 29.9 Å². The predicted molar refractivity (Wildman–Crippen MR) is 152 cm³/mol. The molecule has 1 aromatic carbocycles. The van der Waals surface area contributed by atoms with Gasteiger partial charge in [-0.05, 0) is 85.5 Å². The summed E-state index contributed by atoms with van der Waals surface area (Å²) in [4.78, 5) is 51.8. The van der Waals surface area contributed by atoms with Crippen LogP contribution in [0.5, 0.6) is 0 Å². The monoisotopic (exact) mass is 510 g/mol. The maximum Gasteiger partial charge on any atom is 0.163 e. The van der Waals surface area contributed by atoms with E-state index in [2.05, 4.69) is 47.6 Å². The van der Waals surface area contributed by atoms with Gasteiger partial charge in [0.25, 0.3) is 0 Å². The lowest BCUT2D eigenvalue weighted by Gasteiger charge is -2.34. The second kappa shape index (κ2) is 13.1. The van der Waals surface area contributed by atoms with E-state index in [1.165, 1.54) is 6.92 Å². The van der Waals surface area contributed by atoms with Crippen LogP contribution in [0.3, 0.4) is 0 Å². The van der Waals surface area contributed by atoms with Crippen molar-refractivity contribution in [2.75, 3.05) is 0 Å². The van der Waals surface area contributed by atoms with Crippen molar-refractivity contribution in [1.29, 1.82) is 0 Å². The molecule has 0 aromatic heterocycles. The molecule has 0 saturated carbocycles. The first-order valence-corrected chi connectivity index (χ1v) is 14.5. The van der Waals surface area contributed by atoms with Crippen LogP contribution in [0, 0.1) is 30.6 Å². The number of carbonyl (C=O) groups excluding carboxylic acids is 4. The van der Waals surface area contributed by atoms with Crippen LogP contribution in [0.1, 0.15) is 144 Å². The summed E-state index contributed by atoms with van der Waals surface area (Å²) in [5, 5.41) is 0. The molecule has 1 aliphatic rings. The van der Waals surface area contributed by atoms with Gasteiger partial charge >= 0.3 is 0 Å². The normalized spacial score (nSPS) is 17.5. The Bertz CT molecular complexity index is 1010. The number of carbonyl (C=O) groups is 4. The fourth-order valence-electron chi connectivity index (χ4n) is 6.38. The van der Waals surface area contributed by atoms with E-state index in [1.807, 2.05) is 13.8 Å². The van der Waals surface area contributed by atoms with Crippen molar-refractivity contribution in [3.63, 3.8) is 0 Å². The van der Waals surface area contributed by atoms with Gasteiger partial charge in [-0.3, -0.25) is 19.2 Å². The standard InChI is InChI=1S/C33H50O4/c1-10-12-24(25(11-2)30(36)15-21(5)34)16-23-17-27-26(29(35)14-13-20(3)4)19-28(33(7,8)9)22(6)32(27)31(37)18-23/h19-20,23-25H,10-18H2,1-9H3. The van der Waals surface area contributed by atoms with Gasteiger partial charge in [0.2, 0.25) is 0 Å². The third-order valence-electron chi connectivity index (χ3n) is 8.14. The van der Waals surface area contributed by atoms with E-state index < -0.39 is 0 Å². The highest BCUT2D eigenvalue weighted by molar-refractivity contribution is 6.06. The van der Waals surface area contributed by atoms with E-state index in [0.29, 0.717) is 31.6 Å². The van der Waals surface area contributed by atoms with Crippen LogP contribution in [0.25, 0.3) is 0 Å². The average molecular weight is 511 g/mol. The molecular weight excluding hydrogens is 460 g/mol. The Hall–Kier alpha value is -2.10. The Labute approximate surface area is 225 Å². The molecule has 1 aliphatic carbocycles. The third-order valence-corrected chi connectivity index (χ3v) is 8.14. The quantitative estimate of drug-likeness (QED) is 0.199. The SMILES string of the molecule is CCCC(CC1CC(=O)c2c(C)c(C(C)(C)C)cc(C(=O)CCC(C)C)c2C1)C(CC)C(=O)CC(C)=O. The number of hydrogen-bond donors (Lipinski definition) is 0. The highest BCUT2D eigenvalue weighted by atomic mass is 16.1. The first kappa shape index (κ1) is 31.1. The number of rotatable bonds is 13. The minimum atomic E-state index is -0.166. The molecule has 0 bridgehead atoms. The molecular formula is C33H50O4. The van der Waals surface area contributed by atoms with Gasteiger partial charge in [-0.1, -0.05) is 61.3 Å². The van der Waals surface area contributed by atoms with E-state index in [9.17, 15) is 19.2 Å². The van der Waals surface area contributed by atoms with Crippen LogP contribution in [0.2, 0.25) is 0 Å². The molecule has 0 N–H and O–H groups in total. The van der Waals surface area contributed by atoms with Crippen LogP contribution >= 0.6 is 0 Å². The summed E-state index contributed by atoms with van der Waals surface area (Å²) in [6.45, 7) is 18.3. The number of Topliss-reactive ketones (excluding diaryl/α,β-unsaturated/α-hetero) is 4. The van der Waals surface area contributed by atoms with Crippen LogP contribution in [0.4, 0.5) is 0 Å². The van der Waals surface area contributed by atoms with Crippen LogP contribution < -0.4 is 0 Å². The highest BCUT2D eigenvalue weighted by Gasteiger charge is 2.36. The highest BCUT2D eigenvalue weighted by Crippen LogP contribution is 2.40. The van der Waals surface area contributed by atoms with Gasteiger partial charge in [0.05, 0.1) is 6.42 Å². The number of fused-ring (bicyclic) bond motifs is 1. The van der Waals surface area contributed by atoms with E-state index in [0.717, 1.165) is 53.5 Å². The Morgan fingerprint density at radius 1 is 1.05 bits per heavy atom. The fraction of sp³-hybridized carbons (Fsp3) is 0.697. The van der Waals surface area contributed by atoms with Crippen molar-refractivity contribution in [2.45, 2.75) is 126 Å². The summed E-state index contributed by atoms with van der Waals surface area (Å²) < 4.78 is 0. The maximum atomic E-state index is 13.7. The summed E-state index contributed by atoms with van der Waals surface area (Å²) >= 11 is 0. The first-order valence-electron chi connectivity index (χ1n) is 14.5. The minimum Gasteiger partial charge on any atom is -0.300 e. The van der Waals surface area contributed by atoms with Gasteiger partial charge in [0.1, 0.15) is 11.6 Å². The fourth-order valence-corrected chi connectivity index (χ4v) is 6.38. The van der Waals surface area contributed by atoms with E-state index in [-0.39, 0.29) is 52.7 Å². The molecule has 37 heavy (non-hydrogen) atoms. The summed E-state index contributed by atoms with van der Waals surface area (Å²) in [5.74, 6) is 0.751. The number of benzene rings is 1. The Balaban J connectivity index is 2.49. The van der Waals surface area contributed by atoms with E-state index >= 15 is 0 Å². The zero-order chi connectivity index (χ0) is 28.1. The summed E-state index contributed by atoms with van der Waals surface area (Å²) in [6.07, 6.45) is 5.83. The predicted octanol–water partition coefficient (Wildman–Crippen LogP) is 8.04. The zero-order valence-electron chi connectivity index (χ0n) is 24.9. The second-order valence-electron chi connectivity index (χ2n) is 12.9. The summed E-state index contributed by atoms with van der Waals surface area (Å²) in [7, 11) is 0. The lowest BCUT2D eigenvalue weighted by atomic mass is 9.69. The van der Waals surface area contributed by atoms with E-state index in [4.69, 9.17) is 0 Å². The van der Waals surface area contributed by atoms with Gasteiger partial charge in [-0.15, -0.1) is 0 Å². The molecule has 3 atom stereocenters. The molecule has 0 radical (unpaired) electrons. The smallest absolute Gasteiger partial charge is 0.163 e. The van der Waals surface area contributed by atoms with Crippen molar-refractivity contribution >= 4 is 23.1 Å². The van der Waals surface area contributed by atoms with Gasteiger partial charge in [0.15, 0.2) is 11.6 Å². The summed E-state index contributed by atoms with van der Waals surface area (Å²) in [5.41, 5.74) is 4.36. The third kappa shape index (κ3) is 7.94. The Kier molecular flexibility index (Phi) is 11.0.